The highest BCUT2D eigenvalue weighted by Gasteiger charge is 2.28. The zero-order chi connectivity index (χ0) is 18.7. The first-order chi connectivity index (χ1) is 12.5. The number of piperidine rings is 1. The minimum Gasteiger partial charge on any atom is -0.339 e. The third-order valence-electron chi connectivity index (χ3n) is 4.71. The van der Waals surface area contributed by atoms with Gasteiger partial charge < -0.3 is 10.2 Å². The monoisotopic (exact) mass is 390 g/mol. The Hall–Kier alpha value is -2.04. The largest absolute Gasteiger partial charge is 0.339 e. The van der Waals surface area contributed by atoms with E-state index in [4.69, 9.17) is 23.2 Å². The lowest BCUT2D eigenvalue weighted by Crippen LogP contribution is -2.41. The number of likely N-dealkylation sites (tertiary alicyclic amines) is 1. The van der Waals surface area contributed by atoms with E-state index in [0.29, 0.717) is 41.7 Å². The van der Waals surface area contributed by atoms with Crippen molar-refractivity contribution in [1.29, 1.82) is 0 Å². The Kier molecular flexibility index (Phi) is 5.84. The van der Waals surface area contributed by atoms with Gasteiger partial charge in [0, 0.05) is 29.6 Å². The van der Waals surface area contributed by atoms with Gasteiger partial charge in [-0.1, -0.05) is 41.4 Å². The van der Waals surface area contributed by atoms with Crippen molar-refractivity contribution < 1.29 is 9.59 Å². The molecule has 0 radical (unpaired) electrons. The number of nitrogens with zero attached hydrogens (tertiary/aromatic N) is 1. The summed E-state index contributed by atoms with van der Waals surface area (Å²) in [6.07, 6.45) is 1.25. The fourth-order valence-corrected chi connectivity index (χ4v) is 3.49. The second kappa shape index (κ2) is 8.11. The molecule has 1 fully saturated rings. The van der Waals surface area contributed by atoms with Crippen molar-refractivity contribution >= 4 is 40.7 Å². The van der Waals surface area contributed by atoms with Gasteiger partial charge in [0.25, 0.3) is 5.91 Å². The molecule has 2 amide bonds. The molecule has 6 heteroatoms. The van der Waals surface area contributed by atoms with Crippen molar-refractivity contribution in [2.45, 2.75) is 19.8 Å². The molecule has 0 saturated carbocycles. The van der Waals surface area contributed by atoms with Gasteiger partial charge >= 0.3 is 0 Å². The Morgan fingerprint density at radius 2 is 1.77 bits per heavy atom. The van der Waals surface area contributed by atoms with E-state index in [1.165, 1.54) is 0 Å². The van der Waals surface area contributed by atoms with E-state index in [0.717, 1.165) is 11.1 Å². The lowest BCUT2D eigenvalue weighted by atomic mass is 9.95. The molecule has 0 unspecified atom stereocenters. The van der Waals surface area contributed by atoms with Crippen molar-refractivity contribution in [2.24, 2.45) is 5.92 Å². The van der Waals surface area contributed by atoms with Crippen LogP contribution in [0.3, 0.4) is 0 Å². The molecule has 0 atom stereocenters. The molecule has 1 aliphatic rings. The molecule has 4 nitrogen and oxygen atoms in total. The number of halogens is 2. The molecule has 0 aliphatic carbocycles. The predicted molar refractivity (Wildman–Crippen MR) is 105 cm³/mol. The fraction of sp³-hybridized carbons (Fsp3) is 0.300. The van der Waals surface area contributed by atoms with E-state index < -0.39 is 0 Å². The average molecular weight is 391 g/mol. The Bertz CT molecular complexity index is 830. The van der Waals surface area contributed by atoms with Gasteiger partial charge in [0.15, 0.2) is 0 Å². The lowest BCUT2D eigenvalue weighted by molar-refractivity contribution is -0.121. The van der Waals surface area contributed by atoms with E-state index in [9.17, 15) is 9.59 Å². The van der Waals surface area contributed by atoms with Crippen LogP contribution in [0.25, 0.3) is 0 Å². The number of carbonyl (C=O) groups is 2. The van der Waals surface area contributed by atoms with Crippen LogP contribution in [0, 0.1) is 12.8 Å². The normalized spacial score (nSPS) is 15.0. The molecule has 1 saturated heterocycles. The zero-order valence-corrected chi connectivity index (χ0v) is 16.0. The first-order valence-corrected chi connectivity index (χ1v) is 9.32. The van der Waals surface area contributed by atoms with Gasteiger partial charge in [-0.2, -0.15) is 0 Å². The highest BCUT2D eigenvalue weighted by molar-refractivity contribution is 6.35. The molecule has 26 heavy (non-hydrogen) atoms. The average Bonchev–Trinajstić information content (AvgIpc) is 2.64. The van der Waals surface area contributed by atoms with Crippen LogP contribution in [-0.4, -0.2) is 29.8 Å². The molecule has 1 N–H and O–H groups in total. The van der Waals surface area contributed by atoms with Crippen LogP contribution in [0.15, 0.2) is 42.5 Å². The summed E-state index contributed by atoms with van der Waals surface area (Å²) < 4.78 is 0. The predicted octanol–water partition coefficient (Wildman–Crippen LogP) is 4.79. The molecule has 136 valence electrons. The van der Waals surface area contributed by atoms with Crippen LogP contribution in [-0.2, 0) is 4.79 Å². The molecule has 2 aromatic rings. The molecule has 3 rings (SSSR count). The summed E-state index contributed by atoms with van der Waals surface area (Å²) in [5.74, 6) is -0.206. The third-order valence-corrected chi connectivity index (χ3v) is 5.28. The Morgan fingerprint density at radius 3 is 2.46 bits per heavy atom. The van der Waals surface area contributed by atoms with Crippen LogP contribution in [0.5, 0.6) is 0 Å². The van der Waals surface area contributed by atoms with E-state index in [1.807, 2.05) is 36.1 Å². The summed E-state index contributed by atoms with van der Waals surface area (Å²) in [6, 6.07) is 12.5. The molecule has 0 spiro atoms. The number of carbonyl (C=O) groups excluding carboxylic acids is 2. The van der Waals surface area contributed by atoms with Gasteiger partial charge in [-0.25, -0.2) is 0 Å². The molecule has 2 aromatic carbocycles. The Balaban J connectivity index is 1.60. The molecule has 0 bridgehead atoms. The quantitative estimate of drug-likeness (QED) is 0.818. The summed E-state index contributed by atoms with van der Waals surface area (Å²) >= 11 is 12.1. The van der Waals surface area contributed by atoms with Crippen LogP contribution in [0.2, 0.25) is 10.0 Å². The molecular weight excluding hydrogens is 371 g/mol. The SMILES string of the molecule is Cc1ccccc1C(=O)N1CCC(C(=O)Nc2cc(Cl)ccc2Cl)CC1. The maximum absolute atomic E-state index is 12.7. The van der Waals surface area contributed by atoms with Gasteiger partial charge in [-0.05, 0) is 49.6 Å². The topological polar surface area (TPSA) is 49.4 Å². The standard InChI is InChI=1S/C20H20Cl2N2O2/c1-13-4-2-3-5-16(13)20(26)24-10-8-14(9-11-24)19(25)23-18-12-15(21)6-7-17(18)22/h2-7,12,14H,8-11H2,1H3,(H,23,25). The first-order valence-electron chi connectivity index (χ1n) is 8.56. The fourth-order valence-electron chi connectivity index (χ4n) is 3.16. The van der Waals surface area contributed by atoms with E-state index in [1.54, 1.807) is 18.2 Å². The van der Waals surface area contributed by atoms with Crippen molar-refractivity contribution in [1.82, 2.24) is 4.90 Å². The number of hydrogen-bond acceptors (Lipinski definition) is 2. The van der Waals surface area contributed by atoms with E-state index in [2.05, 4.69) is 5.32 Å². The zero-order valence-electron chi connectivity index (χ0n) is 14.5. The number of nitrogens with one attached hydrogen (secondary N) is 1. The number of benzene rings is 2. The summed E-state index contributed by atoms with van der Waals surface area (Å²) in [6.45, 7) is 3.06. The lowest BCUT2D eigenvalue weighted by Gasteiger charge is -2.31. The van der Waals surface area contributed by atoms with Gasteiger partial charge in [0.1, 0.15) is 0 Å². The second-order valence-corrected chi connectivity index (χ2v) is 7.34. The summed E-state index contributed by atoms with van der Waals surface area (Å²) in [5.41, 5.74) is 2.21. The summed E-state index contributed by atoms with van der Waals surface area (Å²) in [4.78, 5) is 27.0. The van der Waals surface area contributed by atoms with Crippen molar-refractivity contribution in [3.05, 3.63) is 63.6 Å². The Morgan fingerprint density at radius 1 is 1.08 bits per heavy atom. The van der Waals surface area contributed by atoms with Crippen molar-refractivity contribution in [3.8, 4) is 0 Å². The number of hydrogen-bond donors (Lipinski definition) is 1. The van der Waals surface area contributed by atoms with Crippen LogP contribution < -0.4 is 5.32 Å². The minimum atomic E-state index is -0.147. The van der Waals surface area contributed by atoms with Crippen LogP contribution in [0.1, 0.15) is 28.8 Å². The molecule has 0 aromatic heterocycles. The maximum Gasteiger partial charge on any atom is 0.254 e. The third kappa shape index (κ3) is 4.19. The summed E-state index contributed by atoms with van der Waals surface area (Å²) in [5, 5.41) is 3.82. The molecule has 1 aliphatic heterocycles. The highest BCUT2D eigenvalue weighted by Crippen LogP contribution is 2.27. The minimum absolute atomic E-state index is 0.0276. The molecular formula is C20H20Cl2N2O2. The number of aryl methyl sites for hydroxylation is 1. The van der Waals surface area contributed by atoms with E-state index >= 15 is 0 Å². The first kappa shape index (κ1) is 18.7. The Labute approximate surface area is 163 Å². The summed E-state index contributed by atoms with van der Waals surface area (Å²) in [7, 11) is 0. The second-order valence-electron chi connectivity index (χ2n) is 6.49. The highest BCUT2D eigenvalue weighted by atomic mass is 35.5. The van der Waals surface area contributed by atoms with Crippen LogP contribution >= 0.6 is 23.2 Å². The number of rotatable bonds is 3. The molecule has 1 heterocycles. The number of anilines is 1. The number of amides is 2. The van der Waals surface area contributed by atoms with Gasteiger partial charge in [-0.3, -0.25) is 9.59 Å². The maximum atomic E-state index is 12.7. The van der Waals surface area contributed by atoms with Crippen LogP contribution in [0.4, 0.5) is 5.69 Å². The van der Waals surface area contributed by atoms with Gasteiger partial charge in [-0.15, -0.1) is 0 Å². The van der Waals surface area contributed by atoms with Crippen molar-refractivity contribution in [3.63, 3.8) is 0 Å². The van der Waals surface area contributed by atoms with Gasteiger partial charge in [0.2, 0.25) is 5.91 Å². The van der Waals surface area contributed by atoms with Crippen molar-refractivity contribution in [2.75, 3.05) is 18.4 Å². The van der Waals surface area contributed by atoms with E-state index in [-0.39, 0.29) is 17.7 Å². The van der Waals surface area contributed by atoms with Gasteiger partial charge in [0.05, 0.1) is 10.7 Å². The smallest absolute Gasteiger partial charge is 0.254 e.